The number of hydrogen-bond acceptors (Lipinski definition) is 3. The van der Waals surface area contributed by atoms with Crippen molar-refractivity contribution in [2.45, 2.75) is 26.9 Å². The molecule has 0 radical (unpaired) electrons. The fraction of sp³-hybridized carbons (Fsp3) is 0.600. The van der Waals surface area contributed by atoms with Crippen molar-refractivity contribution in [2.24, 2.45) is 0 Å². The molecule has 0 saturated carbocycles. The first-order valence-corrected chi connectivity index (χ1v) is 6.80. The van der Waals surface area contributed by atoms with Crippen LogP contribution in [-0.2, 0) is 17.8 Å². The lowest BCUT2D eigenvalue weighted by atomic mass is 10.1. The molecule has 0 saturated heterocycles. The molecule has 18 heavy (non-hydrogen) atoms. The number of nitrogens with one attached hydrogen (secondary N) is 1. The van der Waals surface area contributed by atoms with Gasteiger partial charge in [0.2, 0.25) is 0 Å². The van der Waals surface area contributed by atoms with Gasteiger partial charge in [0.25, 0.3) is 0 Å². The van der Waals surface area contributed by atoms with Crippen molar-refractivity contribution in [1.82, 2.24) is 10.2 Å². The van der Waals surface area contributed by atoms with Crippen LogP contribution in [0.5, 0.6) is 0 Å². The van der Waals surface area contributed by atoms with E-state index in [1.807, 2.05) is 0 Å². The quantitative estimate of drug-likeness (QED) is 0.680. The molecule has 1 rings (SSSR count). The summed E-state index contributed by atoms with van der Waals surface area (Å²) in [5, 5.41) is 3.35. The summed E-state index contributed by atoms with van der Waals surface area (Å²) in [7, 11) is 1.73. The van der Waals surface area contributed by atoms with Gasteiger partial charge in [-0.3, -0.25) is 4.90 Å². The maximum Gasteiger partial charge on any atom is 0.0587 e. The van der Waals surface area contributed by atoms with Crippen LogP contribution in [0.15, 0.2) is 24.3 Å². The van der Waals surface area contributed by atoms with E-state index in [1.165, 1.54) is 11.1 Å². The molecule has 0 aliphatic rings. The van der Waals surface area contributed by atoms with E-state index in [9.17, 15) is 0 Å². The Bertz CT molecular complexity index is 307. The van der Waals surface area contributed by atoms with Gasteiger partial charge in [-0.2, -0.15) is 0 Å². The van der Waals surface area contributed by atoms with E-state index in [0.29, 0.717) is 0 Å². The normalized spacial score (nSPS) is 11.1. The van der Waals surface area contributed by atoms with Crippen LogP contribution >= 0.6 is 0 Å². The van der Waals surface area contributed by atoms with Crippen molar-refractivity contribution in [1.29, 1.82) is 0 Å². The van der Waals surface area contributed by atoms with Gasteiger partial charge in [-0.05, 0) is 24.2 Å². The Kier molecular flexibility index (Phi) is 7.65. The first-order valence-electron chi connectivity index (χ1n) is 6.80. The largest absolute Gasteiger partial charge is 0.383 e. The molecule has 1 aromatic carbocycles. The average molecular weight is 250 g/mol. The number of benzene rings is 1. The van der Waals surface area contributed by atoms with Gasteiger partial charge >= 0.3 is 0 Å². The Labute approximate surface area is 111 Å². The summed E-state index contributed by atoms with van der Waals surface area (Å²) in [6, 6.07) is 8.87. The summed E-state index contributed by atoms with van der Waals surface area (Å²) in [5.41, 5.74) is 2.72. The van der Waals surface area contributed by atoms with Crippen molar-refractivity contribution >= 4 is 0 Å². The van der Waals surface area contributed by atoms with Crippen molar-refractivity contribution < 1.29 is 4.74 Å². The summed E-state index contributed by atoms with van der Waals surface area (Å²) >= 11 is 0. The number of nitrogens with zero attached hydrogens (tertiary/aromatic N) is 1. The van der Waals surface area contributed by atoms with Gasteiger partial charge in [0.1, 0.15) is 0 Å². The lowest BCUT2D eigenvalue weighted by Gasteiger charge is -2.18. The summed E-state index contributed by atoms with van der Waals surface area (Å²) < 4.78 is 5.00. The van der Waals surface area contributed by atoms with Crippen LogP contribution in [0.25, 0.3) is 0 Å². The zero-order valence-electron chi connectivity index (χ0n) is 11.9. The first kappa shape index (κ1) is 15.2. The molecule has 0 atom stereocenters. The van der Waals surface area contributed by atoms with E-state index < -0.39 is 0 Å². The van der Waals surface area contributed by atoms with Crippen LogP contribution in [0.4, 0.5) is 0 Å². The maximum atomic E-state index is 5.00. The third kappa shape index (κ3) is 5.63. The number of ether oxygens (including phenoxy) is 1. The molecule has 0 unspecified atom stereocenters. The monoisotopic (exact) mass is 250 g/mol. The van der Waals surface area contributed by atoms with E-state index in [-0.39, 0.29) is 0 Å². The van der Waals surface area contributed by atoms with E-state index in [1.54, 1.807) is 7.11 Å². The summed E-state index contributed by atoms with van der Waals surface area (Å²) in [5.74, 6) is 0. The molecule has 0 spiro atoms. The molecule has 0 aromatic heterocycles. The second-order valence-electron chi connectivity index (χ2n) is 4.45. The highest BCUT2D eigenvalue weighted by Crippen LogP contribution is 2.07. The smallest absolute Gasteiger partial charge is 0.0587 e. The molecule has 0 bridgehead atoms. The number of methoxy groups -OCH3 is 1. The minimum absolute atomic E-state index is 0.764. The molecule has 3 heteroatoms. The molecule has 1 aromatic rings. The molecule has 0 amide bonds. The molecular weight excluding hydrogens is 224 g/mol. The van der Waals surface area contributed by atoms with Gasteiger partial charge in [-0.25, -0.2) is 0 Å². The molecule has 0 fully saturated rings. The molecule has 0 aliphatic heterocycles. The SMILES string of the molecule is CCN(CC)Cc1ccc(CNCCOC)cc1. The van der Waals surface area contributed by atoms with Gasteiger partial charge < -0.3 is 10.1 Å². The standard InChI is InChI=1S/C15H26N2O/c1-4-17(5-2)13-15-8-6-14(7-9-15)12-16-10-11-18-3/h6-9,16H,4-5,10-13H2,1-3H3. The molecule has 1 N–H and O–H groups in total. The minimum atomic E-state index is 0.764. The Hall–Kier alpha value is -0.900. The Morgan fingerprint density at radius 3 is 2.22 bits per heavy atom. The van der Waals surface area contributed by atoms with Crippen molar-refractivity contribution in [3.63, 3.8) is 0 Å². The summed E-state index contributed by atoms with van der Waals surface area (Å²) in [6.45, 7) is 10.2. The van der Waals surface area contributed by atoms with Crippen LogP contribution in [0, 0.1) is 0 Å². The second kappa shape index (κ2) is 9.09. The Morgan fingerprint density at radius 1 is 1.06 bits per heavy atom. The van der Waals surface area contributed by atoms with Crippen LogP contribution in [0.3, 0.4) is 0 Å². The van der Waals surface area contributed by atoms with Gasteiger partial charge in [0.15, 0.2) is 0 Å². The topological polar surface area (TPSA) is 24.5 Å². The third-order valence-electron chi connectivity index (χ3n) is 3.14. The molecule has 0 aliphatic carbocycles. The minimum Gasteiger partial charge on any atom is -0.383 e. The lowest BCUT2D eigenvalue weighted by Crippen LogP contribution is -2.22. The van der Waals surface area contributed by atoms with Gasteiger partial charge in [-0.15, -0.1) is 0 Å². The van der Waals surface area contributed by atoms with E-state index in [0.717, 1.165) is 39.3 Å². The number of rotatable bonds is 9. The van der Waals surface area contributed by atoms with Gasteiger partial charge in [-0.1, -0.05) is 38.1 Å². The van der Waals surface area contributed by atoms with E-state index in [4.69, 9.17) is 4.74 Å². The zero-order valence-corrected chi connectivity index (χ0v) is 11.9. The van der Waals surface area contributed by atoms with Crippen LogP contribution in [0.1, 0.15) is 25.0 Å². The zero-order chi connectivity index (χ0) is 13.2. The highest BCUT2D eigenvalue weighted by molar-refractivity contribution is 5.22. The van der Waals surface area contributed by atoms with Gasteiger partial charge in [0, 0.05) is 26.7 Å². The predicted octanol–water partition coefficient (Wildman–Crippen LogP) is 2.26. The summed E-state index contributed by atoms with van der Waals surface area (Å²) in [4.78, 5) is 2.42. The first-order chi connectivity index (χ1) is 8.80. The molecule has 3 nitrogen and oxygen atoms in total. The highest BCUT2D eigenvalue weighted by atomic mass is 16.5. The Morgan fingerprint density at radius 2 is 1.67 bits per heavy atom. The van der Waals surface area contributed by atoms with Crippen LogP contribution < -0.4 is 5.32 Å². The van der Waals surface area contributed by atoms with E-state index >= 15 is 0 Å². The maximum absolute atomic E-state index is 5.00. The second-order valence-corrected chi connectivity index (χ2v) is 4.45. The fourth-order valence-electron chi connectivity index (χ4n) is 1.87. The average Bonchev–Trinajstić information content (AvgIpc) is 2.42. The summed E-state index contributed by atoms with van der Waals surface area (Å²) in [6.07, 6.45) is 0. The van der Waals surface area contributed by atoms with Crippen LogP contribution in [-0.4, -0.2) is 38.3 Å². The molecule has 102 valence electrons. The highest BCUT2D eigenvalue weighted by Gasteiger charge is 2.00. The molecular formula is C15H26N2O. The predicted molar refractivity (Wildman–Crippen MR) is 76.6 cm³/mol. The van der Waals surface area contributed by atoms with Crippen LogP contribution in [0.2, 0.25) is 0 Å². The lowest BCUT2D eigenvalue weighted by molar-refractivity contribution is 0.199. The van der Waals surface area contributed by atoms with Crippen molar-refractivity contribution in [3.8, 4) is 0 Å². The number of hydrogen-bond donors (Lipinski definition) is 1. The van der Waals surface area contributed by atoms with Gasteiger partial charge in [0.05, 0.1) is 6.61 Å². The van der Waals surface area contributed by atoms with E-state index in [2.05, 4.69) is 48.3 Å². The Balaban J connectivity index is 2.37. The fourth-order valence-corrected chi connectivity index (χ4v) is 1.87. The molecule has 0 heterocycles. The van der Waals surface area contributed by atoms with Crippen molar-refractivity contribution in [3.05, 3.63) is 35.4 Å². The van der Waals surface area contributed by atoms with Crippen molar-refractivity contribution in [2.75, 3.05) is 33.4 Å². The third-order valence-corrected chi connectivity index (χ3v) is 3.14.